The van der Waals surface area contributed by atoms with Crippen molar-refractivity contribution in [1.82, 2.24) is 19.6 Å². The zero-order valence-corrected chi connectivity index (χ0v) is 15.9. The van der Waals surface area contributed by atoms with Crippen molar-refractivity contribution in [3.05, 3.63) is 40.3 Å². The van der Waals surface area contributed by atoms with E-state index >= 15 is 0 Å². The molecule has 2 fully saturated rings. The molecule has 136 valence electrons. The summed E-state index contributed by atoms with van der Waals surface area (Å²) < 4.78 is 1.95. The summed E-state index contributed by atoms with van der Waals surface area (Å²) in [6.07, 6.45) is 5.47. The van der Waals surface area contributed by atoms with Gasteiger partial charge >= 0.3 is 0 Å². The highest BCUT2D eigenvalue weighted by Gasteiger charge is 2.42. The van der Waals surface area contributed by atoms with Gasteiger partial charge in [-0.05, 0) is 61.8 Å². The number of nitrogens with zero attached hydrogens (tertiary/aromatic N) is 4. The third kappa shape index (κ3) is 3.82. The lowest BCUT2D eigenvalue weighted by atomic mass is 9.77. The van der Waals surface area contributed by atoms with Crippen LogP contribution in [-0.4, -0.2) is 58.0 Å². The van der Waals surface area contributed by atoms with E-state index in [-0.39, 0.29) is 12.1 Å². The zero-order chi connectivity index (χ0) is 17.4. The molecule has 4 atom stereocenters. The van der Waals surface area contributed by atoms with Crippen molar-refractivity contribution in [2.75, 3.05) is 27.2 Å². The molecule has 2 aliphatic rings. The summed E-state index contributed by atoms with van der Waals surface area (Å²) in [5.41, 5.74) is 1.41. The average molecular weight is 361 g/mol. The monoisotopic (exact) mass is 360 g/mol. The van der Waals surface area contributed by atoms with Crippen LogP contribution in [0.25, 0.3) is 0 Å². The van der Waals surface area contributed by atoms with Crippen LogP contribution in [0.3, 0.4) is 0 Å². The summed E-state index contributed by atoms with van der Waals surface area (Å²) in [6.45, 7) is 4.33. The van der Waals surface area contributed by atoms with Crippen LogP contribution in [0.5, 0.6) is 0 Å². The van der Waals surface area contributed by atoms with Gasteiger partial charge in [-0.25, -0.2) is 0 Å². The van der Waals surface area contributed by atoms with E-state index < -0.39 is 0 Å². The molecule has 5 nitrogen and oxygen atoms in total. The largest absolute Gasteiger partial charge is 0.391 e. The minimum atomic E-state index is -0.269. The van der Waals surface area contributed by atoms with Crippen LogP contribution in [0.15, 0.2) is 29.9 Å². The number of hydrogen-bond donors (Lipinski definition) is 1. The van der Waals surface area contributed by atoms with Crippen LogP contribution in [0.4, 0.5) is 0 Å². The Hall–Kier alpha value is -1.21. The molecule has 2 aromatic rings. The third-order valence-electron chi connectivity index (χ3n) is 5.64. The minimum absolute atomic E-state index is 0.143. The predicted octanol–water partition coefficient (Wildman–Crippen LogP) is 2.45. The smallest absolute Gasteiger partial charge is 0.0781 e. The number of fused-ring (bicyclic) bond motifs is 1. The lowest BCUT2D eigenvalue weighted by molar-refractivity contribution is 0.0306. The van der Waals surface area contributed by atoms with Crippen LogP contribution in [-0.2, 0) is 13.1 Å². The van der Waals surface area contributed by atoms with Crippen molar-refractivity contribution in [1.29, 1.82) is 0 Å². The molecule has 4 rings (SSSR count). The maximum atomic E-state index is 10.6. The Morgan fingerprint density at radius 3 is 2.80 bits per heavy atom. The Labute approximate surface area is 153 Å². The van der Waals surface area contributed by atoms with Gasteiger partial charge in [0.1, 0.15) is 0 Å². The molecule has 1 aliphatic heterocycles. The lowest BCUT2D eigenvalue weighted by Crippen LogP contribution is -2.36. The van der Waals surface area contributed by atoms with Crippen molar-refractivity contribution >= 4 is 11.3 Å². The molecule has 25 heavy (non-hydrogen) atoms. The Bertz CT molecular complexity index is 683. The molecule has 0 aromatic carbocycles. The van der Waals surface area contributed by atoms with Crippen molar-refractivity contribution in [2.45, 2.75) is 38.1 Å². The summed E-state index contributed by atoms with van der Waals surface area (Å²) in [7, 11) is 4.23. The second-order valence-electron chi connectivity index (χ2n) is 7.97. The first-order chi connectivity index (χ1) is 12.1. The number of likely N-dealkylation sites (tertiary alicyclic amines) is 1. The zero-order valence-electron chi connectivity index (χ0n) is 15.1. The van der Waals surface area contributed by atoms with E-state index in [1.807, 2.05) is 34.5 Å². The Kier molecular flexibility index (Phi) is 4.95. The second-order valence-corrected chi connectivity index (χ2v) is 8.96. The van der Waals surface area contributed by atoms with Gasteiger partial charge in [-0.2, -0.15) is 5.10 Å². The summed E-state index contributed by atoms with van der Waals surface area (Å²) in [5, 5.41) is 17.2. The number of thiophene rings is 1. The maximum Gasteiger partial charge on any atom is 0.0781 e. The highest BCUT2D eigenvalue weighted by atomic mass is 32.1. The van der Waals surface area contributed by atoms with Gasteiger partial charge in [0.2, 0.25) is 0 Å². The number of aliphatic hydroxyl groups excluding tert-OH is 1. The van der Waals surface area contributed by atoms with Crippen molar-refractivity contribution < 1.29 is 5.11 Å². The van der Waals surface area contributed by atoms with Gasteiger partial charge in [-0.3, -0.25) is 9.58 Å². The summed E-state index contributed by atoms with van der Waals surface area (Å²) in [5.74, 6) is 1.31. The van der Waals surface area contributed by atoms with Crippen LogP contribution < -0.4 is 0 Å². The molecule has 3 heterocycles. The standard InChI is InChI=1S/C19H28N4OS/c1-21(2)9-14-6-17(25-13-14)12-22-10-15-7-18(23-5-3-4-20-23)19(24)8-16(15)11-22/h3-6,13,15-16,18-19,24H,7-12H2,1-2H3/t15-,16+,18-,19-/m1/s1. The van der Waals surface area contributed by atoms with E-state index in [0.717, 1.165) is 39.0 Å². The average Bonchev–Trinajstić information content (AvgIpc) is 3.27. The topological polar surface area (TPSA) is 44.5 Å². The molecule has 0 spiro atoms. The number of rotatable bonds is 5. The number of hydrogen-bond acceptors (Lipinski definition) is 5. The van der Waals surface area contributed by atoms with Crippen LogP contribution in [0.1, 0.15) is 29.3 Å². The molecule has 0 amide bonds. The molecular formula is C19H28N4OS. The number of aromatic nitrogens is 2. The predicted molar refractivity (Wildman–Crippen MR) is 100 cm³/mol. The Morgan fingerprint density at radius 2 is 2.08 bits per heavy atom. The van der Waals surface area contributed by atoms with Crippen molar-refractivity contribution in [3.63, 3.8) is 0 Å². The van der Waals surface area contributed by atoms with E-state index in [0.29, 0.717) is 11.8 Å². The molecule has 1 saturated carbocycles. The highest BCUT2D eigenvalue weighted by Crippen LogP contribution is 2.41. The Balaban J connectivity index is 1.37. The van der Waals surface area contributed by atoms with E-state index in [2.05, 4.69) is 40.4 Å². The SMILES string of the molecule is CN(C)Cc1csc(CN2C[C@H]3C[C@@H](n4cccn4)[C@H](O)C[C@H]3C2)c1. The van der Waals surface area contributed by atoms with Gasteiger partial charge in [0, 0.05) is 43.4 Å². The molecule has 0 bridgehead atoms. The molecular weight excluding hydrogens is 332 g/mol. The summed E-state index contributed by atoms with van der Waals surface area (Å²) >= 11 is 1.88. The molecule has 1 saturated heterocycles. The highest BCUT2D eigenvalue weighted by molar-refractivity contribution is 7.10. The molecule has 0 unspecified atom stereocenters. The van der Waals surface area contributed by atoms with Crippen molar-refractivity contribution in [2.24, 2.45) is 11.8 Å². The van der Waals surface area contributed by atoms with Crippen LogP contribution in [0, 0.1) is 11.8 Å². The van der Waals surface area contributed by atoms with Crippen LogP contribution >= 0.6 is 11.3 Å². The minimum Gasteiger partial charge on any atom is -0.391 e. The second kappa shape index (κ2) is 7.19. The summed E-state index contributed by atoms with van der Waals surface area (Å²) in [6, 6.07) is 4.44. The molecule has 1 aliphatic carbocycles. The van der Waals surface area contributed by atoms with Crippen LogP contribution in [0.2, 0.25) is 0 Å². The molecule has 1 N–H and O–H groups in total. The van der Waals surface area contributed by atoms with Gasteiger partial charge in [0.05, 0.1) is 12.1 Å². The van der Waals surface area contributed by atoms with Gasteiger partial charge in [-0.1, -0.05) is 0 Å². The fraction of sp³-hybridized carbons (Fsp3) is 0.632. The van der Waals surface area contributed by atoms with Gasteiger partial charge in [0.25, 0.3) is 0 Å². The van der Waals surface area contributed by atoms with Gasteiger partial charge in [-0.15, -0.1) is 11.3 Å². The molecule has 0 radical (unpaired) electrons. The van der Waals surface area contributed by atoms with E-state index in [1.54, 1.807) is 0 Å². The third-order valence-corrected chi connectivity index (χ3v) is 6.61. The first-order valence-electron chi connectivity index (χ1n) is 9.19. The quantitative estimate of drug-likeness (QED) is 0.890. The number of aliphatic hydroxyl groups is 1. The van der Waals surface area contributed by atoms with Gasteiger partial charge in [0.15, 0.2) is 0 Å². The first kappa shape index (κ1) is 17.2. The van der Waals surface area contributed by atoms with Gasteiger partial charge < -0.3 is 10.0 Å². The van der Waals surface area contributed by atoms with E-state index in [4.69, 9.17) is 0 Å². The molecule has 6 heteroatoms. The fourth-order valence-electron chi connectivity index (χ4n) is 4.57. The Morgan fingerprint density at radius 1 is 1.28 bits per heavy atom. The first-order valence-corrected chi connectivity index (χ1v) is 10.1. The van der Waals surface area contributed by atoms with E-state index in [9.17, 15) is 5.11 Å². The fourth-order valence-corrected chi connectivity index (χ4v) is 5.49. The van der Waals surface area contributed by atoms with Crippen molar-refractivity contribution in [3.8, 4) is 0 Å². The molecule has 2 aromatic heterocycles. The normalized spacial score (nSPS) is 30.1. The summed E-state index contributed by atoms with van der Waals surface area (Å²) in [4.78, 5) is 6.26. The lowest BCUT2D eigenvalue weighted by Gasteiger charge is -2.35. The maximum absolute atomic E-state index is 10.6. The van der Waals surface area contributed by atoms with E-state index in [1.165, 1.54) is 10.4 Å².